The Morgan fingerprint density at radius 3 is 2.89 bits per heavy atom. The lowest BCUT2D eigenvalue weighted by Crippen LogP contribution is -2.37. The minimum absolute atomic E-state index is 0.225. The van der Waals surface area contributed by atoms with Gasteiger partial charge in [0.1, 0.15) is 0 Å². The number of nitrogens with zero attached hydrogens (tertiary/aromatic N) is 2. The molecule has 1 unspecified atom stereocenters. The Morgan fingerprint density at radius 1 is 1.39 bits per heavy atom. The van der Waals surface area contributed by atoms with Crippen molar-refractivity contribution in [1.29, 1.82) is 0 Å². The number of hydrogen-bond donors (Lipinski definition) is 1. The van der Waals surface area contributed by atoms with E-state index in [1.165, 1.54) is 16.8 Å². The minimum atomic E-state index is -0.225. The van der Waals surface area contributed by atoms with Crippen LogP contribution in [0.4, 0.5) is 0 Å². The van der Waals surface area contributed by atoms with Gasteiger partial charge in [0.25, 0.3) is 0 Å². The molecule has 2 aromatic rings. The third-order valence-electron chi connectivity index (χ3n) is 3.99. The lowest BCUT2D eigenvalue weighted by atomic mass is 9.88. The van der Waals surface area contributed by atoms with E-state index in [1.807, 2.05) is 18.7 Å². The molecule has 0 aliphatic heterocycles. The molecule has 3 rings (SSSR count). The van der Waals surface area contributed by atoms with Gasteiger partial charge < -0.3 is 5.73 Å². The molecule has 0 radical (unpaired) electrons. The number of hydrogen-bond acceptors (Lipinski definition) is 2. The first-order valence-electron chi connectivity index (χ1n) is 6.45. The third kappa shape index (κ3) is 1.75. The molecule has 1 atom stereocenters. The Morgan fingerprint density at radius 2 is 2.17 bits per heavy atom. The van der Waals surface area contributed by atoms with Gasteiger partial charge in [-0.2, -0.15) is 5.10 Å². The zero-order chi connectivity index (χ0) is 12.8. The van der Waals surface area contributed by atoms with Crippen LogP contribution in [-0.4, -0.2) is 9.78 Å². The molecular weight excluding hydrogens is 222 g/mol. The van der Waals surface area contributed by atoms with Crippen molar-refractivity contribution in [2.45, 2.75) is 31.7 Å². The molecule has 0 bridgehead atoms. The summed E-state index contributed by atoms with van der Waals surface area (Å²) in [4.78, 5) is 0. The summed E-state index contributed by atoms with van der Waals surface area (Å²) in [5.41, 5.74) is 11.4. The van der Waals surface area contributed by atoms with Crippen LogP contribution in [0.3, 0.4) is 0 Å². The van der Waals surface area contributed by atoms with Gasteiger partial charge in [-0.05, 0) is 37.0 Å². The van der Waals surface area contributed by atoms with Crippen LogP contribution >= 0.6 is 0 Å². The molecule has 3 nitrogen and oxygen atoms in total. The first-order valence-corrected chi connectivity index (χ1v) is 6.45. The number of aromatic nitrogens is 2. The molecule has 1 aromatic heterocycles. The van der Waals surface area contributed by atoms with E-state index in [9.17, 15) is 0 Å². The Labute approximate surface area is 108 Å². The first kappa shape index (κ1) is 11.5. The van der Waals surface area contributed by atoms with Crippen LogP contribution in [0.15, 0.2) is 30.3 Å². The predicted molar refractivity (Wildman–Crippen MR) is 72.3 cm³/mol. The lowest BCUT2D eigenvalue weighted by molar-refractivity contribution is 0.425. The van der Waals surface area contributed by atoms with E-state index in [1.54, 1.807) is 0 Å². The van der Waals surface area contributed by atoms with Crippen LogP contribution in [0.2, 0.25) is 0 Å². The van der Waals surface area contributed by atoms with E-state index in [-0.39, 0.29) is 5.54 Å². The highest BCUT2D eigenvalue weighted by Crippen LogP contribution is 2.37. The second-order valence-electron chi connectivity index (χ2n) is 5.39. The summed E-state index contributed by atoms with van der Waals surface area (Å²) in [6, 6.07) is 10.7. The van der Waals surface area contributed by atoms with E-state index in [2.05, 4.69) is 35.4 Å². The Kier molecular flexibility index (Phi) is 2.52. The Bertz CT molecular complexity index is 585. The van der Waals surface area contributed by atoms with Gasteiger partial charge in [-0.3, -0.25) is 4.68 Å². The molecule has 2 N–H and O–H groups in total. The zero-order valence-electron chi connectivity index (χ0n) is 11.0. The lowest BCUT2D eigenvalue weighted by Gasteiger charge is -2.25. The zero-order valence-corrected chi connectivity index (χ0v) is 11.0. The van der Waals surface area contributed by atoms with Crippen LogP contribution in [0, 0.1) is 6.92 Å². The average molecular weight is 241 g/mol. The highest BCUT2D eigenvalue weighted by molar-refractivity contribution is 5.39. The van der Waals surface area contributed by atoms with Crippen molar-refractivity contribution in [3.8, 4) is 0 Å². The van der Waals surface area contributed by atoms with Crippen LogP contribution in [-0.2, 0) is 25.4 Å². The van der Waals surface area contributed by atoms with Gasteiger partial charge in [-0.15, -0.1) is 0 Å². The van der Waals surface area contributed by atoms with Gasteiger partial charge in [0, 0.05) is 24.7 Å². The van der Waals surface area contributed by atoms with E-state index in [0.717, 1.165) is 25.0 Å². The van der Waals surface area contributed by atoms with Crippen LogP contribution in [0.25, 0.3) is 0 Å². The topological polar surface area (TPSA) is 43.8 Å². The maximum Gasteiger partial charge on any atom is 0.0596 e. The van der Waals surface area contributed by atoms with Gasteiger partial charge in [0.15, 0.2) is 0 Å². The van der Waals surface area contributed by atoms with Crippen LogP contribution < -0.4 is 5.73 Å². The number of fused-ring (bicyclic) bond motifs is 1. The SMILES string of the molecule is Cc1cc(CC2(N)CCc3ccccc32)n(C)n1. The molecule has 1 aliphatic carbocycles. The fourth-order valence-corrected chi connectivity index (χ4v) is 3.05. The highest BCUT2D eigenvalue weighted by Gasteiger charge is 2.35. The quantitative estimate of drug-likeness (QED) is 0.874. The minimum Gasteiger partial charge on any atom is -0.321 e. The summed E-state index contributed by atoms with van der Waals surface area (Å²) in [6.45, 7) is 2.02. The Balaban J connectivity index is 1.96. The number of nitrogens with two attached hydrogens (primary N) is 1. The second-order valence-corrected chi connectivity index (χ2v) is 5.39. The molecule has 0 amide bonds. The van der Waals surface area contributed by atoms with Crippen molar-refractivity contribution in [2.75, 3.05) is 0 Å². The normalized spacial score (nSPS) is 22.2. The van der Waals surface area contributed by atoms with Crippen LogP contribution in [0.5, 0.6) is 0 Å². The van der Waals surface area contributed by atoms with Gasteiger partial charge in [0.2, 0.25) is 0 Å². The molecule has 0 saturated carbocycles. The van der Waals surface area contributed by atoms with Gasteiger partial charge in [-0.1, -0.05) is 24.3 Å². The van der Waals surface area contributed by atoms with Crippen LogP contribution in [0.1, 0.15) is 28.9 Å². The summed E-state index contributed by atoms with van der Waals surface area (Å²) in [7, 11) is 1.99. The molecule has 94 valence electrons. The number of aryl methyl sites for hydroxylation is 3. The average Bonchev–Trinajstić information content (AvgIpc) is 2.82. The largest absolute Gasteiger partial charge is 0.321 e. The molecule has 1 aliphatic rings. The van der Waals surface area contributed by atoms with E-state index >= 15 is 0 Å². The number of benzene rings is 1. The highest BCUT2D eigenvalue weighted by atomic mass is 15.3. The summed E-state index contributed by atoms with van der Waals surface area (Å²) in [5, 5.41) is 4.40. The van der Waals surface area contributed by atoms with Gasteiger partial charge >= 0.3 is 0 Å². The molecule has 0 saturated heterocycles. The summed E-state index contributed by atoms with van der Waals surface area (Å²) >= 11 is 0. The smallest absolute Gasteiger partial charge is 0.0596 e. The van der Waals surface area contributed by atoms with E-state index < -0.39 is 0 Å². The monoisotopic (exact) mass is 241 g/mol. The van der Waals surface area contributed by atoms with Crippen molar-refractivity contribution < 1.29 is 0 Å². The molecule has 1 aromatic carbocycles. The summed E-state index contributed by atoms with van der Waals surface area (Å²) in [6.07, 6.45) is 2.97. The van der Waals surface area contributed by atoms with Crippen molar-refractivity contribution in [1.82, 2.24) is 9.78 Å². The molecular formula is C15H19N3. The van der Waals surface area contributed by atoms with Crippen molar-refractivity contribution in [2.24, 2.45) is 12.8 Å². The third-order valence-corrected chi connectivity index (χ3v) is 3.99. The van der Waals surface area contributed by atoms with Crippen molar-refractivity contribution >= 4 is 0 Å². The fourth-order valence-electron chi connectivity index (χ4n) is 3.05. The first-order chi connectivity index (χ1) is 8.58. The molecule has 0 fully saturated rings. The summed E-state index contributed by atoms with van der Waals surface area (Å²) in [5.74, 6) is 0. The molecule has 18 heavy (non-hydrogen) atoms. The van der Waals surface area contributed by atoms with Crippen molar-refractivity contribution in [3.05, 3.63) is 52.8 Å². The number of rotatable bonds is 2. The van der Waals surface area contributed by atoms with Gasteiger partial charge in [-0.25, -0.2) is 0 Å². The molecule has 0 spiro atoms. The molecule has 3 heteroatoms. The fraction of sp³-hybridized carbons (Fsp3) is 0.400. The standard InChI is InChI=1S/C15H19N3/c1-11-9-13(18(2)17-11)10-15(16)8-7-12-5-3-4-6-14(12)15/h3-6,9H,7-8,10,16H2,1-2H3. The maximum absolute atomic E-state index is 6.64. The van der Waals surface area contributed by atoms with E-state index in [4.69, 9.17) is 5.73 Å². The maximum atomic E-state index is 6.64. The predicted octanol–water partition coefficient (Wildman–Crippen LogP) is 2.07. The van der Waals surface area contributed by atoms with Gasteiger partial charge in [0.05, 0.1) is 5.69 Å². The molecule has 1 heterocycles. The Hall–Kier alpha value is -1.61. The van der Waals surface area contributed by atoms with E-state index in [0.29, 0.717) is 0 Å². The second kappa shape index (κ2) is 3.95. The van der Waals surface area contributed by atoms with Crippen molar-refractivity contribution in [3.63, 3.8) is 0 Å². The summed E-state index contributed by atoms with van der Waals surface area (Å²) < 4.78 is 1.95.